The second-order valence-electron chi connectivity index (χ2n) is 6.29. The number of halogens is 1. The van der Waals surface area contributed by atoms with Crippen molar-refractivity contribution in [2.75, 3.05) is 30.4 Å². The first-order valence-electron chi connectivity index (χ1n) is 9.05. The van der Waals surface area contributed by atoms with Gasteiger partial charge in [0.1, 0.15) is 28.8 Å². The summed E-state index contributed by atoms with van der Waals surface area (Å²) in [5.41, 5.74) is 0.433. The predicted octanol–water partition coefficient (Wildman–Crippen LogP) is 3.07. The van der Waals surface area contributed by atoms with Crippen molar-refractivity contribution < 1.29 is 27.1 Å². The molecule has 0 spiro atoms. The molecular formula is C21H20FN3O5S. The number of hydrogen-bond donors (Lipinski definition) is 1. The minimum atomic E-state index is -4.15. The number of nitrogens with zero attached hydrogens (tertiary/aromatic N) is 2. The first kappa shape index (κ1) is 22.0. The molecule has 1 aromatic heterocycles. The van der Waals surface area contributed by atoms with E-state index in [9.17, 15) is 17.6 Å². The van der Waals surface area contributed by atoms with Crippen LogP contribution in [0.25, 0.3) is 0 Å². The summed E-state index contributed by atoms with van der Waals surface area (Å²) in [7, 11) is -1.24. The van der Waals surface area contributed by atoms with E-state index in [1.807, 2.05) is 0 Å². The van der Waals surface area contributed by atoms with Crippen LogP contribution < -0.4 is 19.1 Å². The van der Waals surface area contributed by atoms with Crippen LogP contribution in [-0.4, -0.2) is 40.1 Å². The zero-order valence-electron chi connectivity index (χ0n) is 16.8. The largest absolute Gasteiger partial charge is 0.497 e. The van der Waals surface area contributed by atoms with Crippen molar-refractivity contribution in [2.45, 2.75) is 4.90 Å². The van der Waals surface area contributed by atoms with E-state index in [4.69, 9.17) is 9.47 Å². The molecule has 0 atom stereocenters. The van der Waals surface area contributed by atoms with Gasteiger partial charge in [-0.05, 0) is 48.5 Å². The fourth-order valence-electron chi connectivity index (χ4n) is 2.78. The Hall–Kier alpha value is -3.66. The van der Waals surface area contributed by atoms with E-state index in [0.29, 0.717) is 17.2 Å². The molecule has 0 unspecified atom stereocenters. The Bertz CT molecular complexity index is 1160. The smallest absolute Gasteiger partial charge is 0.266 e. The highest BCUT2D eigenvalue weighted by Crippen LogP contribution is 2.29. The van der Waals surface area contributed by atoms with Crippen LogP contribution in [0.4, 0.5) is 15.8 Å². The van der Waals surface area contributed by atoms with Gasteiger partial charge < -0.3 is 14.8 Å². The number of amides is 1. The topological polar surface area (TPSA) is 97.8 Å². The number of ether oxygens (including phenoxy) is 2. The monoisotopic (exact) mass is 445 g/mol. The van der Waals surface area contributed by atoms with Gasteiger partial charge in [0.05, 0.1) is 25.6 Å². The molecule has 3 aromatic rings. The van der Waals surface area contributed by atoms with Gasteiger partial charge in [-0.2, -0.15) is 0 Å². The van der Waals surface area contributed by atoms with Crippen molar-refractivity contribution in [3.63, 3.8) is 0 Å². The Labute approximate surface area is 179 Å². The van der Waals surface area contributed by atoms with Crippen LogP contribution in [0.2, 0.25) is 0 Å². The zero-order valence-corrected chi connectivity index (χ0v) is 17.6. The lowest BCUT2D eigenvalue weighted by Crippen LogP contribution is -2.38. The van der Waals surface area contributed by atoms with E-state index in [2.05, 4.69) is 10.3 Å². The van der Waals surface area contributed by atoms with Crippen molar-refractivity contribution in [3.8, 4) is 11.5 Å². The van der Waals surface area contributed by atoms with Gasteiger partial charge in [0.25, 0.3) is 10.0 Å². The maximum absolute atomic E-state index is 13.4. The highest BCUT2D eigenvalue weighted by Gasteiger charge is 2.28. The van der Waals surface area contributed by atoms with Gasteiger partial charge in [0.15, 0.2) is 0 Å². The quantitative estimate of drug-likeness (QED) is 0.572. The van der Waals surface area contributed by atoms with E-state index in [-0.39, 0.29) is 10.6 Å². The van der Waals surface area contributed by atoms with Gasteiger partial charge in [-0.3, -0.25) is 14.1 Å². The molecule has 8 nitrogen and oxygen atoms in total. The summed E-state index contributed by atoms with van der Waals surface area (Å²) in [4.78, 5) is 16.5. The van der Waals surface area contributed by atoms with Gasteiger partial charge in [-0.1, -0.05) is 0 Å². The summed E-state index contributed by atoms with van der Waals surface area (Å²) in [5, 5.41) is 2.63. The molecule has 0 aliphatic carbocycles. The Morgan fingerprint density at radius 2 is 1.84 bits per heavy atom. The predicted molar refractivity (Wildman–Crippen MR) is 113 cm³/mol. The number of methoxy groups -OCH3 is 2. The van der Waals surface area contributed by atoms with Crippen molar-refractivity contribution >= 4 is 27.3 Å². The third-order valence-electron chi connectivity index (χ3n) is 4.30. The lowest BCUT2D eigenvalue weighted by atomic mass is 10.2. The molecule has 162 valence electrons. The SMILES string of the molecule is COc1ccc(OC)c(NC(=O)CN(c2ccc(F)cc2)S(=O)(=O)c2cccnc2)c1. The first-order valence-corrected chi connectivity index (χ1v) is 10.5. The van der Waals surface area contributed by atoms with Crippen LogP contribution in [0, 0.1) is 5.82 Å². The molecule has 31 heavy (non-hydrogen) atoms. The number of rotatable bonds is 8. The Morgan fingerprint density at radius 1 is 1.10 bits per heavy atom. The van der Waals surface area contributed by atoms with Crippen LogP contribution in [0.15, 0.2) is 71.9 Å². The molecule has 0 saturated heterocycles. The summed E-state index contributed by atoms with van der Waals surface area (Å²) < 4.78 is 51.1. The molecular weight excluding hydrogens is 425 g/mol. The van der Waals surface area contributed by atoms with Crippen molar-refractivity contribution in [1.29, 1.82) is 0 Å². The zero-order chi connectivity index (χ0) is 22.4. The fourth-order valence-corrected chi connectivity index (χ4v) is 4.17. The van der Waals surface area contributed by atoms with E-state index in [0.717, 1.165) is 16.4 Å². The van der Waals surface area contributed by atoms with Crippen LogP contribution in [0.5, 0.6) is 11.5 Å². The molecule has 0 fully saturated rings. The highest BCUT2D eigenvalue weighted by atomic mass is 32.2. The van der Waals surface area contributed by atoms with Crippen LogP contribution in [0.3, 0.4) is 0 Å². The second-order valence-corrected chi connectivity index (χ2v) is 8.15. The van der Waals surface area contributed by atoms with Crippen molar-refractivity contribution in [3.05, 3.63) is 72.8 Å². The lowest BCUT2D eigenvalue weighted by molar-refractivity contribution is -0.114. The normalized spacial score (nSPS) is 10.9. The summed E-state index contributed by atoms with van der Waals surface area (Å²) in [6.45, 7) is -0.566. The maximum atomic E-state index is 13.4. The van der Waals surface area contributed by atoms with Crippen molar-refractivity contribution in [2.24, 2.45) is 0 Å². The van der Waals surface area contributed by atoms with E-state index < -0.39 is 28.3 Å². The average Bonchev–Trinajstić information content (AvgIpc) is 2.78. The number of aromatic nitrogens is 1. The van der Waals surface area contributed by atoms with Gasteiger partial charge in [0, 0.05) is 18.5 Å². The summed E-state index contributed by atoms with van der Waals surface area (Å²) in [6.07, 6.45) is 2.61. The third-order valence-corrected chi connectivity index (χ3v) is 6.06. The standard InChI is InChI=1S/C21H20FN3O5S/c1-29-17-9-10-20(30-2)19(12-17)24-21(26)14-25(16-7-5-15(22)6-8-16)31(27,28)18-4-3-11-23-13-18/h3-13H,14H2,1-2H3,(H,24,26). The number of sulfonamides is 1. The fraction of sp³-hybridized carbons (Fsp3) is 0.143. The molecule has 0 saturated carbocycles. The molecule has 2 aromatic carbocycles. The summed E-state index contributed by atoms with van der Waals surface area (Å²) >= 11 is 0. The lowest BCUT2D eigenvalue weighted by Gasteiger charge is -2.24. The Kier molecular flexibility index (Phi) is 6.71. The molecule has 0 aliphatic rings. The second kappa shape index (κ2) is 9.43. The molecule has 1 N–H and O–H groups in total. The Morgan fingerprint density at radius 3 is 2.45 bits per heavy atom. The van der Waals surface area contributed by atoms with Crippen LogP contribution >= 0.6 is 0 Å². The molecule has 10 heteroatoms. The van der Waals surface area contributed by atoms with Gasteiger partial charge in [0.2, 0.25) is 5.91 Å². The average molecular weight is 445 g/mol. The molecule has 1 heterocycles. The maximum Gasteiger partial charge on any atom is 0.266 e. The number of anilines is 2. The molecule has 1 amide bonds. The minimum absolute atomic E-state index is 0.105. The van der Waals surface area contributed by atoms with Gasteiger partial charge in [-0.15, -0.1) is 0 Å². The number of nitrogens with one attached hydrogen (secondary N) is 1. The first-order chi connectivity index (χ1) is 14.8. The van der Waals surface area contributed by atoms with Crippen LogP contribution in [0.1, 0.15) is 0 Å². The summed E-state index contributed by atoms with van der Waals surface area (Å²) in [5.74, 6) is -0.316. The highest BCUT2D eigenvalue weighted by molar-refractivity contribution is 7.92. The van der Waals surface area contributed by atoms with Gasteiger partial charge >= 0.3 is 0 Å². The van der Waals surface area contributed by atoms with Crippen molar-refractivity contribution in [1.82, 2.24) is 4.98 Å². The number of carbonyl (C=O) groups excluding carboxylic acids is 1. The number of pyridine rings is 1. The molecule has 0 bridgehead atoms. The van der Waals surface area contributed by atoms with E-state index in [1.54, 1.807) is 18.2 Å². The number of benzene rings is 2. The van der Waals surface area contributed by atoms with E-state index in [1.165, 1.54) is 50.9 Å². The Balaban J connectivity index is 1.94. The summed E-state index contributed by atoms with van der Waals surface area (Å²) in [6, 6.07) is 12.4. The van der Waals surface area contributed by atoms with Crippen LogP contribution in [-0.2, 0) is 14.8 Å². The minimum Gasteiger partial charge on any atom is -0.497 e. The van der Waals surface area contributed by atoms with Gasteiger partial charge in [-0.25, -0.2) is 12.8 Å². The molecule has 0 radical (unpaired) electrons. The molecule has 0 aliphatic heterocycles. The van der Waals surface area contributed by atoms with E-state index >= 15 is 0 Å². The number of hydrogen-bond acceptors (Lipinski definition) is 6. The third kappa shape index (κ3) is 5.10. The number of carbonyl (C=O) groups is 1. The molecule has 3 rings (SSSR count).